The van der Waals surface area contributed by atoms with Crippen molar-refractivity contribution >= 4 is 11.5 Å². The summed E-state index contributed by atoms with van der Waals surface area (Å²) in [4.78, 5) is 13.2. The Morgan fingerprint density at radius 3 is 2.70 bits per heavy atom. The maximum atomic E-state index is 13.1. The average Bonchev–Trinajstić information content (AvgIpc) is 3.06. The van der Waals surface area contributed by atoms with Crippen molar-refractivity contribution in [3.8, 4) is 0 Å². The van der Waals surface area contributed by atoms with Crippen molar-refractivity contribution in [2.24, 2.45) is 4.99 Å². The largest absolute Gasteiger partial charge is 0.416 e. The van der Waals surface area contributed by atoms with Gasteiger partial charge in [-0.15, -0.1) is 0 Å². The molecular formula is C19H19F3N4O. The molecule has 142 valence electrons. The predicted octanol–water partition coefficient (Wildman–Crippen LogP) is 3.75. The number of aryl methyl sites for hydroxylation is 1. The number of nitrogens with zero attached hydrogens (tertiary/aromatic N) is 3. The van der Waals surface area contributed by atoms with E-state index in [4.69, 9.17) is 4.74 Å². The van der Waals surface area contributed by atoms with Gasteiger partial charge in [0.2, 0.25) is 0 Å². The zero-order valence-electron chi connectivity index (χ0n) is 14.8. The summed E-state index contributed by atoms with van der Waals surface area (Å²) in [5.74, 6) is 0.660. The minimum atomic E-state index is -4.42. The molecule has 0 amide bonds. The van der Waals surface area contributed by atoms with Crippen LogP contribution in [0.1, 0.15) is 40.9 Å². The van der Waals surface area contributed by atoms with Gasteiger partial charge in [-0.3, -0.25) is 9.98 Å². The molecule has 0 unspecified atom stereocenters. The summed E-state index contributed by atoms with van der Waals surface area (Å²) in [6.45, 7) is 3.67. The Morgan fingerprint density at radius 1 is 1.19 bits per heavy atom. The summed E-state index contributed by atoms with van der Waals surface area (Å²) in [6.07, 6.45) is -1.53. The molecule has 0 aromatic carbocycles. The number of fused-ring (bicyclic) bond motifs is 1. The zero-order chi connectivity index (χ0) is 19.0. The maximum absolute atomic E-state index is 13.1. The van der Waals surface area contributed by atoms with Crippen LogP contribution in [0.15, 0.2) is 29.4 Å². The molecule has 4 heterocycles. The summed E-state index contributed by atoms with van der Waals surface area (Å²) in [6, 6.07) is 4.16. The highest BCUT2D eigenvalue weighted by Crippen LogP contribution is 2.33. The Balaban J connectivity index is 1.72. The Kier molecular flexibility index (Phi) is 4.59. The van der Waals surface area contributed by atoms with E-state index < -0.39 is 11.7 Å². The van der Waals surface area contributed by atoms with Gasteiger partial charge in [0.05, 0.1) is 23.5 Å². The third kappa shape index (κ3) is 3.66. The van der Waals surface area contributed by atoms with E-state index in [0.29, 0.717) is 31.3 Å². The van der Waals surface area contributed by atoms with Crippen molar-refractivity contribution in [3.05, 3.63) is 52.5 Å². The number of nitrogens with one attached hydrogen (secondary N) is 1. The van der Waals surface area contributed by atoms with E-state index in [1.165, 1.54) is 6.20 Å². The van der Waals surface area contributed by atoms with Gasteiger partial charge >= 0.3 is 6.18 Å². The quantitative estimate of drug-likeness (QED) is 0.887. The molecule has 0 bridgehead atoms. The van der Waals surface area contributed by atoms with E-state index >= 15 is 0 Å². The molecule has 0 radical (unpaired) electrons. The van der Waals surface area contributed by atoms with E-state index in [2.05, 4.69) is 20.3 Å². The molecule has 2 aromatic rings. The molecule has 0 saturated carbocycles. The number of alkyl halides is 3. The van der Waals surface area contributed by atoms with Gasteiger partial charge in [0.1, 0.15) is 5.82 Å². The van der Waals surface area contributed by atoms with Gasteiger partial charge in [-0.05, 0) is 43.5 Å². The van der Waals surface area contributed by atoms with E-state index in [9.17, 15) is 13.2 Å². The number of ether oxygens (including phenoxy) is 1. The molecule has 1 N–H and O–H groups in total. The van der Waals surface area contributed by atoms with Gasteiger partial charge in [-0.1, -0.05) is 0 Å². The van der Waals surface area contributed by atoms with Crippen molar-refractivity contribution in [2.75, 3.05) is 18.5 Å². The zero-order valence-corrected chi connectivity index (χ0v) is 14.8. The maximum Gasteiger partial charge on any atom is 0.416 e. The second kappa shape index (κ2) is 6.92. The molecule has 0 atom stereocenters. The molecule has 4 rings (SSSR count). The molecule has 1 saturated heterocycles. The number of aromatic nitrogens is 2. The second-order valence-electron chi connectivity index (χ2n) is 6.77. The number of hydrogen-bond donors (Lipinski definition) is 1. The minimum absolute atomic E-state index is 0.212. The fourth-order valence-electron chi connectivity index (χ4n) is 3.46. The summed E-state index contributed by atoms with van der Waals surface area (Å²) < 4.78 is 44.7. The first-order valence-corrected chi connectivity index (χ1v) is 8.85. The van der Waals surface area contributed by atoms with Crippen LogP contribution < -0.4 is 5.32 Å². The number of hydrogen-bond acceptors (Lipinski definition) is 5. The van der Waals surface area contributed by atoms with Crippen LogP contribution in [0.25, 0.3) is 0 Å². The number of pyridine rings is 2. The van der Waals surface area contributed by atoms with Crippen LogP contribution in [-0.2, 0) is 17.5 Å². The van der Waals surface area contributed by atoms with Crippen LogP contribution in [0.3, 0.4) is 0 Å². The SMILES string of the molecule is Cc1cc2c(c(NC3CCOCC3)n1)C(c1cc(C(F)(F)F)ccn1)=NC2. The van der Waals surface area contributed by atoms with Gasteiger partial charge in [-0.2, -0.15) is 13.2 Å². The molecule has 5 nitrogen and oxygen atoms in total. The monoisotopic (exact) mass is 376 g/mol. The second-order valence-corrected chi connectivity index (χ2v) is 6.77. The van der Waals surface area contributed by atoms with E-state index in [-0.39, 0.29) is 11.7 Å². The molecular weight excluding hydrogens is 357 g/mol. The number of halogens is 3. The smallest absolute Gasteiger partial charge is 0.381 e. The lowest BCUT2D eigenvalue weighted by Crippen LogP contribution is -2.29. The standard InChI is InChI=1S/C19H19F3N4O/c1-11-8-12-10-24-17(15-9-13(2-5-23-15)19(20,21)22)16(12)18(25-11)26-14-3-6-27-7-4-14/h2,5,8-9,14H,3-4,6-7,10H2,1H3,(H,25,26). The molecule has 2 aliphatic heterocycles. The highest BCUT2D eigenvalue weighted by Gasteiger charge is 2.32. The third-order valence-electron chi connectivity index (χ3n) is 4.77. The fourth-order valence-corrected chi connectivity index (χ4v) is 3.46. The van der Waals surface area contributed by atoms with E-state index in [1.807, 2.05) is 13.0 Å². The van der Waals surface area contributed by atoms with Gasteiger partial charge in [0.25, 0.3) is 0 Å². The molecule has 1 fully saturated rings. The van der Waals surface area contributed by atoms with Gasteiger partial charge < -0.3 is 10.1 Å². The molecule has 8 heteroatoms. The van der Waals surface area contributed by atoms with Crippen molar-refractivity contribution < 1.29 is 17.9 Å². The van der Waals surface area contributed by atoms with Crippen molar-refractivity contribution in [2.45, 2.75) is 38.5 Å². The van der Waals surface area contributed by atoms with Crippen molar-refractivity contribution in [3.63, 3.8) is 0 Å². The molecule has 0 aliphatic carbocycles. The van der Waals surface area contributed by atoms with Crippen LogP contribution in [0.5, 0.6) is 0 Å². The topological polar surface area (TPSA) is 59.4 Å². The Bertz CT molecular complexity index is 889. The molecule has 2 aromatic heterocycles. The predicted molar refractivity (Wildman–Crippen MR) is 95.0 cm³/mol. The fraction of sp³-hybridized carbons (Fsp3) is 0.421. The molecule has 27 heavy (non-hydrogen) atoms. The summed E-state index contributed by atoms with van der Waals surface area (Å²) in [5, 5.41) is 3.44. The van der Waals surface area contributed by atoms with Gasteiger partial charge in [0.15, 0.2) is 0 Å². The highest BCUT2D eigenvalue weighted by atomic mass is 19.4. The van der Waals surface area contributed by atoms with Gasteiger partial charge in [-0.25, -0.2) is 4.98 Å². The third-order valence-corrected chi connectivity index (χ3v) is 4.77. The number of aliphatic imine (C=N–C) groups is 1. The van der Waals surface area contributed by atoms with Crippen LogP contribution in [-0.4, -0.2) is 34.9 Å². The first-order chi connectivity index (χ1) is 12.9. The minimum Gasteiger partial charge on any atom is -0.381 e. The van der Waals surface area contributed by atoms with Crippen molar-refractivity contribution in [1.82, 2.24) is 9.97 Å². The molecule has 0 spiro atoms. The molecule has 2 aliphatic rings. The lowest BCUT2D eigenvalue weighted by molar-refractivity contribution is -0.137. The Morgan fingerprint density at radius 2 is 1.96 bits per heavy atom. The Hall–Kier alpha value is -2.48. The lowest BCUT2D eigenvalue weighted by atomic mass is 10.0. The first-order valence-electron chi connectivity index (χ1n) is 8.85. The average molecular weight is 376 g/mol. The van der Waals surface area contributed by atoms with E-state index in [0.717, 1.165) is 41.8 Å². The van der Waals surface area contributed by atoms with Crippen molar-refractivity contribution in [1.29, 1.82) is 0 Å². The Labute approximate surface area is 154 Å². The van der Waals surface area contributed by atoms with Crippen LogP contribution >= 0.6 is 0 Å². The number of rotatable bonds is 3. The summed E-state index contributed by atoms with van der Waals surface area (Å²) in [5.41, 5.74) is 2.48. The summed E-state index contributed by atoms with van der Waals surface area (Å²) in [7, 11) is 0. The van der Waals surface area contributed by atoms with Crippen LogP contribution in [0.4, 0.5) is 19.0 Å². The van der Waals surface area contributed by atoms with Crippen LogP contribution in [0.2, 0.25) is 0 Å². The lowest BCUT2D eigenvalue weighted by Gasteiger charge is -2.25. The highest BCUT2D eigenvalue weighted by molar-refractivity contribution is 6.16. The van der Waals surface area contributed by atoms with E-state index in [1.54, 1.807) is 0 Å². The normalized spacial score (nSPS) is 17.6. The summed E-state index contributed by atoms with van der Waals surface area (Å²) >= 11 is 0. The van der Waals surface area contributed by atoms with Gasteiger partial charge in [0, 0.05) is 36.7 Å². The van der Waals surface area contributed by atoms with Crippen LogP contribution in [0, 0.1) is 6.92 Å². The first kappa shape index (κ1) is 17.9. The number of anilines is 1.